The Morgan fingerprint density at radius 2 is 2.12 bits per heavy atom. The van der Waals surface area contributed by atoms with Crippen molar-refractivity contribution in [2.24, 2.45) is 0 Å². The number of carbonyl (C=O) groups is 1. The van der Waals surface area contributed by atoms with E-state index in [1.165, 1.54) is 12.1 Å². The zero-order valence-corrected chi connectivity index (χ0v) is 11.2. The van der Waals surface area contributed by atoms with Crippen molar-refractivity contribution >= 4 is 21.8 Å². The molecule has 0 heterocycles. The minimum absolute atomic E-state index is 0.0738. The molecule has 1 N–H and O–H groups in total. The first-order valence-electron chi connectivity index (χ1n) is 5.13. The molecule has 0 saturated heterocycles. The number of hydrogen-bond acceptors (Lipinski definition) is 1. The largest absolute Gasteiger partial charge is 0.347 e. The summed E-state index contributed by atoms with van der Waals surface area (Å²) in [4.78, 5) is 11.8. The molecule has 0 unspecified atom stereocenters. The first kappa shape index (κ1) is 13.2. The van der Waals surface area contributed by atoms with Crippen LogP contribution in [0.2, 0.25) is 0 Å². The molecular formula is C12H15BrFNO. The lowest BCUT2D eigenvalue weighted by Crippen LogP contribution is -2.43. The lowest BCUT2D eigenvalue weighted by Gasteiger charge is -2.24. The molecule has 1 amide bonds. The molecule has 0 radical (unpaired) electrons. The average molecular weight is 288 g/mol. The maximum atomic E-state index is 13.5. The summed E-state index contributed by atoms with van der Waals surface area (Å²) in [6.07, 6.45) is 0.789. The third kappa shape index (κ3) is 3.30. The fourth-order valence-electron chi connectivity index (χ4n) is 1.14. The maximum Gasteiger partial charge on any atom is 0.254 e. The van der Waals surface area contributed by atoms with Crippen molar-refractivity contribution in [1.29, 1.82) is 0 Å². The molecule has 0 atom stereocenters. The van der Waals surface area contributed by atoms with Gasteiger partial charge in [-0.05, 0) is 38.5 Å². The van der Waals surface area contributed by atoms with Gasteiger partial charge in [-0.1, -0.05) is 22.9 Å². The normalized spacial score (nSPS) is 11.3. The molecule has 0 spiro atoms. The van der Waals surface area contributed by atoms with Crippen LogP contribution in [0, 0.1) is 5.82 Å². The average Bonchev–Trinajstić information content (AvgIpc) is 2.16. The number of amides is 1. The van der Waals surface area contributed by atoms with Gasteiger partial charge in [0, 0.05) is 10.0 Å². The Hall–Kier alpha value is -0.900. The third-order valence-electron chi connectivity index (χ3n) is 2.51. The number of halogens is 2. The van der Waals surface area contributed by atoms with E-state index in [4.69, 9.17) is 0 Å². The van der Waals surface area contributed by atoms with Gasteiger partial charge in [0.15, 0.2) is 0 Å². The van der Waals surface area contributed by atoms with Crippen LogP contribution in [0.4, 0.5) is 4.39 Å². The Balaban J connectivity index is 2.89. The van der Waals surface area contributed by atoms with Crippen LogP contribution in [-0.4, -0.2) is 11.4 Å². The molecule has 0 aromatic heterocycles. The minimum atomic E-state index is -0.515. The topological polar surface area (TPSA) is 29.1 Å². The van der Waals surface area contributed by atoms with Crippen LogP contribution in [-0.2, 0) is 0 Å². The first-order chi connectivity index (χ1) is 7.35. The van der Waals surface area contributed by atoms with Gasteiger partial charge < -0.3 is 5.32 Å². The van der Waals surface area contributed by atoms with Crippen molar-refractivity contribution in [2.75, 3.05) is 0 Å². The molecule has 1 aromatic rings. The van der Waals surface area contributed by atoms with E-state index in [-0.39, 0.29) is 17.0 Å². The molecule has 1 aromatic carbocycles. The van der Waals surface area contributed by atoms with Crippen molar-refractivity contribution in [3.05, 3.63) is 34.1 Å². The highest BCUT2D eigenvalue weighted by Crippen LogP contribution is 2.16. The SMILES string of the molecule is CCC(C)(C)NC(=O)c1ccc(Br)cc1F. The third-order valence-corrected chi connectivity index (χ3v) is 3.00. The molecule has 0 fully saturated rings. The molecular weight excluding hydrogens is 273 g/mol. The van der Waals surface area contributed by atoms with Crippen LogP contribution in [0.1, 0.15) is 37.6 Å². The van der Waals surface area contributed by atoms with Crippen LogP contribution < -0.4 is 5.32 Å². The summed E-state index contributed by atoms with van der Waals surface area (Å²) in [6.45, 7) is 5.78. The fraction of sp³-hybridized carbons (Fsp3) is 0.417. The Bertz CT molecular complexity index is 404. The number of nitrogens with one attached hydrogen (secondary N) is 1. The zero-order chi connectivity index (χ0) is 12.3. The van der Waals surface area contributed by atoms with Gasteiger partial charge in [0.2, 0.25) is 0 Å². The van der Waals surface area contributed by atoms with Crippen molar-refractivity contribution < 1.29 is 9.18 Å². The summed E-state index contributed by atoms with van der Waals surface area (Å²) in [5.41, 5.74) is -0.249. The van der Waals surface area contributed by atoms with Gasteiger partial charge in [-0.3, -0.25) is 4.79 Å². The Labute approximate surface area is 103 Å². The van der Waals surface area contributed by atoms with Crippen LogP contribution in [0.3, 0.4) is 0 Å². The summed E-state index contributed by atoms with van der Waals surface area (Å²) in [6, 6.07) is 4.41. The molecule has 0 aliphatic rings. The van der Waals surface area contributed by atoms with Crippen molar-refractivity contribution in [1.82, 2.24) is 5.32 Å². The van der Waals surface area contributed by atoms with Crippen molar-refractivity contribution in [3.8, 4) is 0 Å². The lowest BCUT2D eigenvalue weighted by molar-refractivity contribution is 0.0907. The van der Waals surface area contributed by atoms with E-state index in [2.05, 4.69) is 21.2 Å². The van der Waals surface area contributed by atoms with Crippen LogP contribution >= 0.6 is 15.9 Å². The summed E-state index contributed by atoms with van der Waals surface area (Å²) < 4.78 is 14.1. The summed E-state index contributed by atoms with van der Waals surface area (Å²) in [7, 11) is 0. The van der Waals surface area contributed by atoms with Gasteiger partial charge in [-0.15, -0.1) is 0 Å². The van der Waals surface area contributed by atoms with Gasteiger partial charge >= 0.3 is 0 Å². The van der Waals surface area contributed by atoms with E-state index < -0.39 is 5.82 Å². The van der Waals surface area contributed by atoms with Gasteiger partial charge in [0.05, 0.1) is 5.56 Å². The monoisotopic (exact) mass is 287 g/mol. The molecule has 16 heavy (non-hydrogen) atoms. The molecule has 88 valence electrons. The quantitative estimate of drug-likeness (QED) is 0.906. The number of rotatable bonds is 3. The minimum Gasteiger partial charge on any atom is -0.347 e. The highest BCUT2D eigenvalue weighted by molar-refractivity contribution is 9.10. The summed E-state index contributed by atoms with van der Waals surface area (Å²) in [5.74, 6) is -0.893. The fourth-order valence-corrected chi connectivity index (χ4v) is 1.47. The van der Waals surface area contributed by atoms with E-state index >= 15 is 0 Å². The number of benzene rings is 1. The second-order valence-electron chi connectivity index (χ2n) is 4.32. The van der Waals surface area contributed by atoms with Gasteiger partial charge in [0.1, 0.15) is 5.82 Å². The first-order valence-corrected chi connectivity index (χ1v) is 5.92. The van der Waals surface area contributed by atoms with Crippen LogP contribution in [0.15, 0.2) is 22.7 Å². The van der Waals surface area contributed by atoms with E-state index in [1.807, 2.05) is 20.8 Å². The van der Waals surface area contributed by atoms with E-state index in [9.17, 15) is 9.18 Å². The van der Waals surface area contributed by atoms with Crippen molar-refractivity contribution in [2.45, 2.75) is 32.7 Å². The van der Waals surface area contributed by atoms with E-state index in [1.54, 1.807) is 6.07 Å². The predicted molar refractivity (Wildman–Crippen MR) is 65.9 cm³/mol. The van der Waals surface area contributed by atoms with E-state index in [0.29, 0.717) is 4.47 Å². The molecule has 2 nitrogen and oxygen atoms in total. The highest BCUT2D eigenvalue weighted by Gasteiger charge is 2.20. The molecule has 0 aliphatic carbocycles. The Morgan fingerprint density at radius 1 is 1.50 bits per heavy atom. The second kappa shape index (κ2) is 4.95. The molecule has 0 aliphatic heterocycles. The molecule has 4 heteroatoms. The van der Waals surface area contributed by atoms with Gasteiger partial charge in [0.25, 0.3) is 5.91 Å². The van der Waals surface area contributed by atoms with Crippen LogP contribution in [0.25, 0.3) is 0 Å². The van der Waals surface area contributed by atoms with Gasteiger partial charge in [-0.25, -0.2) is 4.39 Å². The lowest BCUT2D eigenvalue weighted by atomic mass is 10.0. The Morgan fingerprint density at radius 3 is 2.62 bits per heavy atom. The van der Waals surface area contributed by atoms with Crippen LogP contribution in [0.5, 0.6) is 0 Å². The Kier molecular flexibility index (Phi) is 4.08. The maximum absolute atomic E-state index is 13.5. The number of hydrogen-bond donors (Lipinski definition) is 1. The number of carbonyl (C=O) groups excluding carboxylic acids is 1. The summed E-state index contributed by atoms with van der Waals surface area (Å²) in [5, 5.41) is 2.79. The van der Waals surface area contributed by atoms with Crippen molar-refractivity contribution in [3.63, 3.8) is 0 Å². The summed E-state index contributed by atoms with van der Waals surface area (Å²) >= 11 is 3.15. The molecule has 0 bridgehead atoms. The molecule has 0 saturated carbocycles. The smallest absolute Gasteiger partial charge is 0.254 e. The van der Waals surface area contributed by atoms with E-state index in [0.717, 1.165) is 6.42 Å². The standard InChI is InChI=1S/C12H15BrFNO/c1-4-12(2,3)15-11(16)9-6-5-8(13)7-10(9)14/h5-7H,4H2,1-3H3,(H,15,16). The predicted octanol–water partition coefficient (Wildman–Crippen LogP) is 3.51. The second-order valence-corrected chi connectivity index (χ2v) is 5.23. The zero-order valence-electron chi connectivity index (χ0n) is 9.60. The highest BCUT2D eigenvalue weighted by atomic mass is 79.9. The van der Waals surface area contributed by atoms with Gasteiger partial charge in [-0.2, -0.15) is 0 Å². The molecule has 1 rings (SSSR count).